The fourth-order valence-corrected chi connectivity index (χ4v) is 5.31. The molecule has 3 aromatic rings. The van der Waals surface area contributed by atoms with Crippen molar-refractivity contribution in [2.75, 3.05) is 18.1 Å². The summed E-state index contributed by atoms with van der Waals surface area (Å²) in [6.07, 6.45) is 7.04. The first-order valence-corrected chi connectivity index (χ1v) is 12.8. The van der Waals surface area contributed by atoms with Crippen LogP contribution < -0.4 is 15.0 Å². The Labute approximate surface area is 216 Å². The quantitative estimate of drug-likeness (QED) is 0.391. The highest BCUT2D eigenvalue weighted by molar-refractivity contribution is 7.80. The van der Waals surface area contributed by atoms with Gasteiger partial charge in [0.25, 0.3) is 5.91 Å². The highest BCUT2D eigenvalue weighted by Crippen LogP contribution is 2.28. The molecule has 1 aromatic heterocycles. The van der Waals surface area contributed by atoms with Gasteiger partial charge in [0.15, 0.2) is 5.11 Å². The second-order valence-corrected chi connectivity index (χ2v) is 9.60. The van der Waals surface area contributed by atoms with E-state index in [2.05, 4.69) is 12.2 Å². The van der Waals surface area contributed by atoms with Crippen LogP contribution >= 0.6 is 12.2 Å². The molecule has 2 amide bonds. The van der Waals surface area contributed by atoms with Crippen LogP contribution in [0.25, 0.3) is 17.0 Å². The van der Waals surface area contributed by atoms with Gasteiger partial charge in [-0.1, -0.05) is 18.2 Å². The van der Waals surface area contributed by atoms with Gasteiger partial charge in [-0.2, -0.15) is 0 Å². The first-order chi connectivity index (χ1) is 17.5. The lowest BCUT2D eigenvalue weighted by molar-refractivity contribution is -0.135. The number of hydrogen-bond acceptors (Lipinski definition) is 4. The minimum atomic E-state index is -0.223. The standard InChI is InChI=1S/C28H30N4O3S/c1-3-35-22-13-11-21(12-14-22)32-27(34)24(29-28(32)36)16-20-17-30(25-10-5-4-9-23(20)25)18-26(33)31-15-7-6-8-19(31)2/h4-5,9-14,16-17,19H,3,6-8,15,18H2,1-2H3,(H,29,36)/b24-16-/t19-/m0/s1. The van der Waals surface area contributed by atoms with Crippen molar-refractivity contribution < 1.29 is 14.3 Å². The number of thiocarbonyl (C=S) groups is 1. The van der Waals surface area contributed by atoms with Gasteiger partial charge in [-0.25, -0.2) is 0 Å². The normalized spacial score (nSPS) is 19.3. The monoisotopic (exact) mass is 502 g/mol. The molecular weight excluding hydrogens is 472 g/mol. The lowest BCUT2D eigenvalue weighted by atomic mass is 10.0. The number of rotatable bonds is 6. The average Bonchev–Trinajstić information content (AvgIpc) is 3.36. The summed E-state index contributed by atoms with van der Waals surface area (Å²) in [4.78, 5) is 29.9. The summed E-state index contributed by atoms with van der Waals surface area (Å²) >= 11 is 5.48. The number of carbonyl (C=O) groups excluding carboxylic acids is 2. The predicted molar refractivity (Wildman–Crippen MR) is 146 cm³/mol. The summed E-state index contributed by atoms with van der Waals surface area (Å²) in [5.74, 6) is 0.642. The fourth-order valence-electron chi connectivity index (χ4n) is 5.01. The van der Waals surface area contributed by atoms with E-state index >= 15 is 0 Å². The number of piperidine rings is 1. The van der Waals surface area contributed by atoms with Crippen LogP contribution in [0.15, 0.2) is 60.4 Å². The lowest BCUT2D eigenvalue weighted by Gasteiger charge is -2.33. The van der Waals surface area contributed by atoms with E-state index in [0.29, 0.717) is 23.1 Å². The van der Waals surface area contributed by atoms with E-state index < -0.39 is 0 Å². The van der Waals surface area contributed by atoms with E-state index in [0.717, 1.165) is 41.6 Å². The molecule has 1 atom stereocenters. The number of carbonyl (C=O) groups is 2. The Hall–Kier alpha value is -3.65. The van der Waals surface area contributed by atoms with Crippen LogP contribution in [-0.4, -0.2) is 45.6 Å². The summed E-state index contributed by atoms with van der Waals surface area (Å²) in [7, 11) is 0. The van der Waals surface area contributed by atoms with E-state index in [4.69, 9.17) is 17.0 Å². The molecule has 2 aliphatic heterocycles. The molecule has 5 rings (SSSR count). The number of ether oxygens (including phenoxy) is 1. The molecule has 7 nitrogen and oxygen atoms in total. The number of anilines is 1. The highest BCUT2D eigenvalue weighted by Gasteiger charge is 2.32. The molecule has 2 saturated heterocycles. The molecule has 0 bridgehead atoms. The number of likely N-dealkylation sites (tertiary alicyclic amines) is 1. The summed E-state index contributed by atoms with van der Waals surface area (Å²) in [6, 6.07) is 15.5. The molecular formula is C28H30N4O3S. The summed E-state index contributed by atoms with van der Waals surface area (Å²) in [5.41, 5.74) is 2.89. The molecule has 1 N–H and O–H groups in total. The maximum Gasteiger partial charge on any atom is 0.281 e. The van der Waals surface area contributed by atoms with Crippen LogP contribution in [0.2, 0.25) is 0 Å². The fraction of sp³-hybridized carbons (Fsp3) is 0.321. The largest absolute Gasteiger partial charge is 0.494 e. The maximum absolute atomic E-state index is 13.3. The summed E-state index contributed by atoms with van der Waals surface area (Å²) in [6.45, 7) is 5.71. The number of fused-ring (bicyclic) bond motifs is 1. The second-order valence-electron chi connectivity index (χ2n) is 9.22. The number of nitrogens with one attached hydrogen (secondary N) is 1. The minimum absolute atomic E-state index is 0.125. The van der Waals surface area contributed by atoms with Crippen LogP contribution in [-0.2, 0) is 16.1 Å². The molecule has 0 radical (unpaired) electrons. The summed E-state index contributed by atoms with van der Waals surface area (Å²) in [5, 5.41) is 4.37. The van der Waals surface area contributed by atoms with Gasteiger partial charge in [0.05, 0.1) is 12.3 Å². The van der Waals surface area contributed by atoms with E-state index in [1.54, 1.807) is 0 Å². The van der Waals surface area contributed by atoms with Gasteiger partial charge in [-0.15, -0.1) is 0 Å². The average molecular weight is 503 g/mol. The third kappa shape index (κ3) is 4.60. The Kier molecular flexibility index (Phi) is 6.78. The zero-order chi connectivity index (χ0) is 25.2. The van der Waals surface area contributed by atoms with E-state index in [9.17, 15) is 9.59 Å². The molecule has 2 aromatic carbocycles. The Morgan fingerprint density at radius 1 is 1.17 bits per heavy atom. The molecule has 0 saturated carbocycles. The number of para-hydroxylation sites is 1. The molecule has 2 fully saturated rings. The molecule has 36 heavy (non-hydrogen) atoms. The van der Waals surface area contributed by atoms with Crippen molar-refractivity contribution in [3.63, 3.8) is 0 Å². The zero-order valence-electron chi connectivity index (χ0n) is 20.6. The van der Waals surface area contributed by atoms with Gasteiger partial charge in [-0.05, 0) is 81.7 Å². The summed E-state index contributed by atoms with van der Waals surface area (Å²) < 4.78 is 7.48. The van der Waals surface area contributed by atoms with Crippen molar-refractivity contribution in [2.45, 2.75) is 45.7 Å². The third-order valence-corrected chi connectivity index (χ3v) is 7.12. The maximum atomic E-state index is 13.3. The van der Waals surface area contributed by atoms with Gasteiger partial charge in [0.2, 0.25) is 5.91 Å². The van der Waals surface area contributed by atoms with Crippen LogP contribution in [0.5, 0.6) is 5.75 Å². The SMILES string of the molecule is CCOc1ccc(N2C(=O)/C(=C/c3cn(CC(=O)N4CCCC[C@@H]4C)c4ccccc34)NC2=S)cc1. The molecule has 0 aliphatic carbocycles. The Balaban J connectivity index is 1.42. The van der Waals surface area contributed by atoms with E-state index in [1.165, 1.54) is 11.3 Å². The number of nitrogens with zero attached hydrogens (tertiary/aromatic N) is 3. The molecule has 8 heteroatoms. The third-order valence-electron chi connectivity index (χ3n) is 6.83. The van der Waals surface area contributed by atoms with E-state index in [-0.39, 0.29) is 24.4 Å². The van der Waals surface area contributed by atoms with Crippen LogP contribution in [0, 0.1) is 0 Å². The Morgan fingerprint density at radius 3 is 2.69 bits per heavy atom. The molecule has 0 spiro atoms. The van der Waals surface area contributed by atoms with Gasteiger partial charge in [0.1, 0.15) is 18.0 Å². The predicted octanol–water partition coefficient (Wildman–Crippen LogP) is 4.70. The lowest BCUT2D eigenvalue weighted by Crippen LogP contribution is -2.43. The van der Waals surface area contributed by atoms with Crippen molar-refractivity contribution >= 4 is 51.8 Å². The molecule has 186 valence electrons. The number of benzene rings is 2. The first kappa shape index (κ1) is 24.1. The topological polar surface area (TPSA) is 66.8 Å². The molecule has 0 unspecified atom stereocenters. The Morgan fingerprint density at radius 2 is 1.94 bits per heavy atom. The van der Waals surface area contributed by atoms with Crippen LogP contribution in [0.1, 0.15) is 38.7 Å². The number of amides is 2. The zero-order valence-corrected chi connectivity index (χ0v) is 21.4. The van der Waals surface area contributed by atoms with E-state index in [1.807, 2.05) is 77.2 Å². The van der Waals surface area contributed by atoms with Crippen molar-refractivity contribution in [2.24, 2.45) is 0 Å². The van der Waals surface area contributed by atoms with Gasteiger partial charge in [0, 0.05) is 35.2 Å². The second kappa shape index (κ2) is 10.1. The van der Waals surface area contributed by atoms with Crippen LogP contribution in [0.3, 0.4) is 0 Å². The van der Waals surface area contributed by atoms with Gasteiger partial charge in [-0.3, -0.25) is 14.5 Å². The number of hydrogen-bond donors (Lipinski definition) is 1. The van der Waals surface area contributed by atoms with Gasteiger partial charge < -0.3 is 19.5 Å². The Bertz CT molecular complexity index is 1340. The van der Waals surface area contributed by atoms with Crippen molar-refractivity contribution in [3.05, 3.63) is 66.0 Å². The first-order valence-electron chi connectivity index (χ1n) is 12.4. The van der Waals surface area contributed by atoms with Crippen molar-refractivity contribution in [1.82, 2.24) is 14.8 Å². The van der Waals surface area contributed by atoms with Crippen LogP contribution in [0.4, 0.5) is 5.69 Å². The van der Waals surface area contributed by atoms with Crippen molar-refractivity contribution in [3.8, 4) is 5.75 Å². The molecule has 2 aliphatic rings. The number of aromatic nitrogens is 1. The van der Waals surface area contributed by atoms with Crippen molar-refractivity contribution in [1.29, 1.82) is 0 Å². The highest BCUT2D eigenvalue weighted by atomic mass is 32.1. The minimum Gasteiger partial charge on any atom is -0.494 e. The molecule has 3 heterocycles. The smallest absolute Gasteiger partial charge is 0.281 e. The van der Waals surface area contributed by atoms with Gasteiger partial charge >= 0.3 is 0 Å².